The van der Waals surface area contributed by atoms with Crippen molar-refractivity contribution in [1.82, 2.24) is 9.88 Å². The second-order valence-electron chi connectivity index (χ2n) is 6.80. The summed E-state index contributed by atoms with van der Waals surface area (Å²) in [4.78, 5) is 21.7. The van der Waals surface area contributed by atoms with Crippen LogP contribution in [-0.4, -0.2) is 57.2 Å². The molecule has 3 rings (SSSR count). The van der Waals surface area contributed by atoms with Gasteiger partial charge < -0.3 is 14.4 Å². The van der Waals surface area contributed by atoms with Gasteiger partial charge in [0, 0.05) is 30.8 Å². The lowest BCUT2D eigenvalue weighted by molar-refractivity contribution is 0.0985. The molecule has 2 aromatic carbocycles. The second kappa shape index (κ2) is 8.58. The van der Waals surface area contributed by atoms with E-state index in [-0.39, 0.29) is 5.91 Å². The van der Waals surface area contributed by atoms with Gasteiger partial charge in [0.15, 0.2) is 16.6 Å². The number of likely N-dealkylation sites (N-methyl/N-ethyl adjacent to an activating group) is 1. The molecule has 0 aliphatic rings. The van der Waals surface area contributed by atoms with Crippen molar-refractivity contribution in [1.29, 1.82) is 0 Å². The molecule has 1 amide bonds. The summed E-state index contributed by atoms with van der Waals surface area (Å²) in [6.07, 6.45) is 0. The number of anilines is 1. The van der Waals surface area contributed by atoms with Gasteiger partial charge in [0.2, 0.25) is 0 Å². The number of aryl methyl sites for hydroxylation is 1. The van der Waals surface area contributed by atoms with Crippen molar-refractivity contribution in [2.45, 2.75) is 6.92 Å². The highest BCUT2D eigenvalue weighted by molar-refractivity contribution is 7.22. The highest BCUT2D eigenvalue weighted by Crippen LogP contribution is 2.37. The Morgan fingerprint density at radius 1 is 1.04 bits per heavy atom. The maximum atomic E-state index is 13.2. The van der Waals surface area contributed by atoms with Crippen molar-refractivity contribution in [3.8, 4) is 11.5 Å². The molecule has 0 radical (unpaired) electrons. The summed E-state index contributed by atoms with van der Waals surface area (Å²) in [6, 6.07) is 11.4. The lowest BCUT2D eigenvalue weighted by Gasteiger charge is -2.22. The first-order valence-electron chi connectivity index (χ1n) is 8.98. The van der Waals surface area contributed by atoms with E-state index in [0.717, 1.165) is 22.3 Å². The fourth-order valence-electron chi connectivity index (χ4n) is 2.79. The Labute approximate surface area is 169 Å². The number of carbonyl (C=O) groups excluding carboxylic acids is 1. The summed E-state index contributed by atoms with van der Waals surface area (Å²) in [5.41, 5.74) is 2.55. The summed E-state index contributed by atoms with van der Waals surface area (Å²) < 4.78 is 11.7. The quantitative estimate of drug-likeness (QED) is 0.604. The van der Waals surface area contributed by atoms with Crippen molar-refractivity contribution in [2.75, 3.05) is 46.3 Å². The first-order chi connectivity index (χ1) is 13.4. The summed E-state index contributed by atoms with van der Waals surface area (Å²) >= 11 is 1.47. The average molecular weight is 400 g/mol. The van der Waals surface area contributed by atoms with Crippen LogP contribution in [0.1, 0.15) is 15.9 Å². The van der Waals surface area contributed by atoms with Gasteiger partial charge in [-0.1, -0.05) is 29.0 Å². The Hall–Kier alpha value is -2.64. The van der Waals surface area contributed by atoms with Gasteiger partial charge in [0.25, 0.3) is 5.91 Å². The van der Waals surface area contributed by atoms with Crippen LogP contribution < -0.4 is 14.4 Å². The van der Waals surface area contributed by atoms with Gasteiger partial charge in [0.05, 0.1) is 24.4 Å². The number of benzene rings is 2. The van der Waals surface area contributed by atoms with Crippen molar-refractivity contribution >= 4 is 32.6 Å². The molecule has 0 N–H and O–H groups in total. The average Bonchev–Trinajstić information content (AvgIpc) is 3.09. The molecule has 0 saturated carbocycles. The Balaban J connectivity index is 2.01. The van der Waals surface area contributed by atoms with Gasteiger partial charge in [-0.15, -0.1) is 0 Å². The summed E-state index contributed by atoms with van der Waals surface area (Å²) in [6.45, 7) is 3.29. The van der Waals surface area contributed by atoms with Crippen molar-refractivity contribution < 1.29 is 14.3 Å². The number of carbonyl (C=O) groups is 1. The normalized spacial score (nSPS) is 11.1. The molecule has 0 spiro atoms. The SMILES string of the molecule is COc1cc2nc(N(CCN(C)C)C(=O)c3ccc(C)cc3)sc2cc1OC. The minimum Gasteiger partial charge on any atom is -0.493 e. The molecule has 1 heterocycles. The fraction of sp³-hybridized carbons (Fsp3) is 0.333. The molecule has 148 valence electrons. The van der Waals surface area contributed by atoms with E-state index >= 15 is 0 Å². The topological polar surface area (TPSA) is 54.9 Å². The number of rotatable bonds is 7. The molecule has 28 heavy (non-hydrogen) atoms. The maximum Gasteiger partial charge on any atom is 0.260 e. The van der Waals surface area contributed by atoms with Crippen molar-refractivity contribution in [3.63, 3.8) is 0 Å². The first kappa shape index (κ1) is 20.1. The van der Waals surface area contributed by atoms with Crippen LogP contribution in [0.3, 0.4) is 0 Å². The molecule has 0 unspecified atom stereocenters. The van der Waals surface area contributed by atoms with Crippen LogP contribution in [0.25, 0.3) is 10.2 Å². The predicted octanol–water partition coefficient (Wildman–Crippen LogP) is 3.83. The van der Waals surface area contributed by atoms with Gasteiger partial charge in [-0.2, -0.15) is 0 Å². The van der Waals surface area contributed by atoms with Gasteiger partial charge in [-0.3, -0.25) is 9.69 Å². The number of thiazole rings is 1. The second-order valence-corrected chi connectivity index (χ2v) is 7.81. The summed E-state index contributed by atoms with van der Waals surface area (Å²) in [5, 5.41) is 0.665. The summed E-state index contributed by atoms with van der Waals surface area (Å²) in [7, 11) is 7.18. The van der Waals surface area contributed by atoms with E-state index in [1.165, 1.54) is 11.3 Å². The smallest absolute Gasteiger partial charge is 0.260 e. The van der Waals surface area contributed by atoms with Crippen LogP contribution in [0.15, 0.2) is 36.4 Å². The largest absolute Gasteiger partial charge is 0.493 e. The van der Waals surface area contributed by atoms with E-state index in [0.29, 0.717) is 28.7 Å². The molecule has 0 saturated heterocycles. The zero-order valence-corrected chi connectivity index (χ0v) is 17.7. The molecule has 0 atom stereocenters. The summed E-state index contributed by atoms with van der Waals surface area (Å²) in [5.74, 6) is 1.21. The molecule has 0 fully saturated rings. The third kappa shape index (κ3) is 4.26. The predicted molar refractivity (Wildman–Crippen MR) is 114 cm³/mol. The monoisotopic (exact) mass is 399 g/mol. The maximum absolute atomic E-state index is 13.2. The van der Waals surface area contributed by atoms with E-state index in [1.807, 2.05) is 57.4 Å². The van der Waals surface area contributed by atoms with Crippen LogP contribution in [0, 0.1) is 6.92 Å². The zero-order valence-electron chi connectivity index (χ0n) is 16.9. The fourth-order valence-corrected chi connectivity index (χ4v) is 3.79. The molecular weight excluding hydrogens is 374 g/mol. The van der Waals surface area contributed by atoms with E-state index in [1.54, 1.807) is 19.1 Å². The van der Waals surface area contributed by atoms with Crippen LogP contribution in [-0.2, 0) is 0 Å². The van der Waals surface area contributed by atoms with Crippen LogP contribution in [0.4, 0.5) is 5.13 Å². The van der Waals surface area contributed by atoms with Crippen LogP contribution >= 0.6 is 11.3 Å². The van der Waals surface area contributed by atoms with E-state index in [9.17, 15) is 4.79 Å². The minimum absolute atomic E-state index is 0.0557. The minimum atomic E-state index is -0.0557. The molecule has 1 aromatic heterocycles. The molecule has 0 bridgehead atoms. The Bertz CT molecular complexity index is 926. The number of nitrogens with zero attached hydrogens (tertiary/aromatic N) is 3. The molecule has 3 aromatic rings. The third-order valence-electron chi connectivity index (χ3n) is 4.43. The first-order valence-corrected chi connectivity index (χ1v) is 9.80. The highest BCUT2D eigenvalue weighted by Gasteiger charge is 2.22. The Kier molecular flexibility index (Phi) is 6.16. The van der Waals surface area contributed by atoms with Crippen molar-refractivity contribution in [2.24, 2.45) is 0 Å². The standard InChI is InChI=1S/C21H25N3O3S/c1-14-6-8-15(9-7-14)20(25)24(11-10-23(2)3)21-22-16-12-17(26-4)18(27-5)13-19(16)28-21/h6-9,12-13H,10-11H2,1-5H3. The number of ether oxygens (including phenoxy) is 2. The molecular formula is C21H25N3O3S. The number of hydrogen-bond acceptors (Lipinski definition) is 6. The van der Waals surface area contributed by atoms with E-state index in [2.05, 4.69) is 4.90 Å². The lowest BCUT2D eigenvalue weighted by Crippen LogP contribution is -2.36. The number of fused-ring (bicyclic) bond motifs is 1. The van der Waals surface area contributed by atoms with Gasteiger partial charge >= 0.3 is 0 Å². The van der Waals surface area contributed by atoms with Gasteiger partial charge in [0.1, 0.15) is 0 Å². The molecule has 0 aliphatic heterocycles. The Morgan fingerprint density at radius 2 is 1.68 bits per heavy atom. The number of aromatic nitrogens is 1. The molecule has 7 heteroatoms. The van der Waals surface area contributed by atoms with E-state index < -0.39 is 0 Å². The van der Waals surface area contributed by atoms with Gasteiger partial charge in [-0.25, -0.2) is 4.98 Å². The zero-order chi connectivity index (χ0) is 20.3. The highest BCUT2D eigenvalue weighted by atomic mass is 32.1. The van der Waals surface area contributed by atoms with Crippen LogP contribution in [0.5, 0.6) is 11.5 Å². The van der Waals surface area contributed by atoms with Gasteiger partial charge in [-0.05, 0) is 33.2 Å². The van der Waals surface area contributed by atoms with Crippen LogP contribution in [0.2, 0.25) is 0 Å². The van der Waals surface area contributed by atoms with E-state index in [4.69, 9.17) is 14.5 Å². The van der Waals surface area contributed by atoms with Crippen molar-refractivity contribution in [3.05, 3.63) is 47.5 Å². The Morgan fingerprint density at radius 3 is 2.29 bits per heavy atom. The molecule has 0 aliphatic carbocycles. The number of methoxy groups -OCH3 is 2. The number of hydrogen-bond donors (Lipinski definition) is 0. The lowest BCUT2D eigenvalue weighted by atomic mass is 10.1. The molecule has 6 nitrogen and oxygen atoms in total. The number of amides is 1. The third-order valence-corrected chi connectivity index (χ3v) is 5.47.